The minimum Gasteiger partial charge on any atom is -0.312 e. The van der Waals surface area contributed by atoms with Crippen molar-refractivity contribution in [2.45, 2.75) is 32.2 Å². The van der Waals surface area contributed by atoms with Gasteiger partial charge in [0.1, 0.15) is 4.90 Å². The Kier molecular flexibility index (Phi) is 6.87. The molecule has 0 aliphatic rings. The Hall–Kier alpha value is -0.210. The first-order chi connectivity index (χ1) is 9.32. The summed E-state index contributed by atoms with van der Waals surface area (Å²) in [5, 5.41) is 3.20. The highest BCUT2D eigenvalue weighted by molar-refractivity contribution is 9.11. The van der Waals surface area contributed by atoms with Crippen molar-refractivity contribution in [1.29, 1.82) is 0 Å². The molecule has 1 heterocycles. The fourth-order valence-corrected chi connectivity index (χ4v) is 5.83. The van der Waals surface area contributed by atoms with Gasteiger partial charge in [0, 0.05) is 24.5 Å². The number of halogens is 1. The first-order valence-electron chi connectivity index (χ1n) is 6.46. The number of sulfonamides is 1. The molecule has 1 aromatic heterocycles. The van der Waals surface area contributed by atoms with Gasteiger partial charge >= 0.3 is 0 Å². The molecule has 0 fully saturated rings. The van der Waals surface area contributed by atoms with Crippen LogP contribution in [0.15, 0.2) is 26.9 Å². The molecule has 0 aromatic carbocycles. The molecule has 4 nitrogen and oxygen atoms in total. The Morgan fingerprint density at radius 3 is 2.65 bits per heavy atom. The van der Waals surface area contributed by atoms with Gasteiger partial charge in [-0.3, -0.25) is 0 Å². The van der Waals surface area contributed by atoms with E-state index in [0.717, 1.165) is 17.0 Å². The van der Waals surface area contributed by atoms with Crippen molar-refractivity contribution in [2.24, 2.45) is 0 Å². The summed E-state index contributed by atoms with van der Waals surface area (Å²) in [5.74, 6) is 0. The smallest absolute Gasteiger partial charge is 0.245 e. The van der Waals surface area contributed by atoms with E-state index in [4.69, 9.17) is 0 Å². The van der Waals surface area contributed by atoms with Crippen molar-refractivity contribution >= 4 is 37.3 Å². The lowest BCUT2D eigenvalue weighted by Crippen LogP contribution is -2.32. The Bertz CT molecular complexity index is 567. The molecule has 0 amide bonds. The van der Waals surface area contributed by atoms with E-state index in [-0.39, 0.29) is 0 Å². The average molecular weight is 381 g/mol. The van der Waals surface area contributed by atoms with E-state index in [1.165, 1.54) is 15.6 Å². The Labute approximate surface area is 134 Å². The van der Waals surface area contributed by atoms with Crippen LogP contribution < -0.4 is 5.32 Å². The van der Waals surface area contributed by atoms with Crippen LogP contribution in [0.4, 0.5) is 0 Å². The molecular formula is C13H21BrN2O2S2. The maximum absolute atomic E-state index is 12.6. The monoisotopic (exact) mass is 380 g/mol. The van der Waals surface area contributed by atoms with Crippen LogP contribution in [0.5, 0.6) is 0 Å². The standard InChI is InChI=1S/C13H21BrN2O2S2/c1-5-15-8-11-7-12(13(14)19-11)20(17,18)16(6-2)9-10(3)4/h7,15H,3,5-6,8-9H2,1-2,4H3. The maximum atomic E-state index is 12.6. The number of hydrogen-bond donors (Lipinski definition) is 1. The summed E-state index contributed by atoms with van der Waals surface area (Å²) in [6.45, 7) is 11.8. The molecule has 0 atom stereocenters. The summed E-state index contributed by atoms with van der Waals surface area (Å²) in [6, 6.07) is 1.74. The summed E-state index contributed by atoms with van der Waals surface area (Å²) in [5.41, 5.74) is 0.828. The lowest BCUT2D eigenvalue weighted by Gasteiger charge is -2.20. The molecule has 0 aliphatic heterocycles. The average Bonchev–Trinajstić information content (AvgIpc) is 2.75. The molecule has 0 saturated carbocycles. The Morgan fingerprint density at radius 1 is 1.50 bits per heavy atom. The predicted octanol–water partition coefficient (Wildman–Crippen LogP) is 3.21. The molecule has 0 saturated heterocycles. The van der Waals surface area contributed by atoms with E-state index in [1.54, 1.807) is 6.07 Å². The number of thiophene rings is 1. The van der Waals surface area contributed by atoms with Crippen molar-refractivity contribution in [3.05, 3.63) is 26.9 Å². The van der Waals surface area contributed by atoms with Gasteiger partial charge in [-0.1, -0.05) is 26.0 Å². The topological polar surface area (TPSA) is 49.4 Å². The van der Waals surface area contributed by atoms with Gasteiger partial charge in [0.25, 0.3) is 0 Å². The van der Waals surface area contributed by atoms with Gasteiger partial charge in [-0.05, 0) is 35.5 Å². The molecule has 0 bridgehead atoms. The van der Waals surface area contributed by atoms with E-state index in [9.17, 15) is 8.42 Å². The lowest BCUT2D eigenvalue weighted by molar-refractivity contribution is 0.453. The van der Waals surface area contributed by atoms with Crippen molar-refractivity contribution in [3.63, 3.8) is 0 Å². The van der Waals surface area contributed by atoms with Gasteiger partial charge in [0.15, 0.2) is 0 Å². The van der Waals surface area contributed by atoms with Crippen LogP contribution in [-0.2, 0) is 16.6 Å². The van der Waals surface area contributed by atoms with E-state index < -0.39 is 10.0 Å². The maximum Gasteiger partial charge on any atom is 0.245 e. The zero-order chi connectivity index (χ0) is 15.3. The fraction of sp³-hybridized carbons (Fsp3) is 0.538. The van der Waals surface area contributed by atoms with Crippen LogP contribution in [0, 0.1) is 0 Å². The molecular weight excluding hydrogens is 360 g/mol. The third kappa shape index (κ3) is 4.39. The molecule has 0 radical (unpaired) electrons. The molecule has 20 heavy (non-hydrogen) atoms. The summed E-state index contributed by atoms with van der Waals surface area (Å²) >= 11 is 4.82. The van der Waals surface area contributed by atoms with Gasteiger partial charge in [-0.25, -0.2) is 8.42 Å². The second-order valence-electron chi connectivity index (χ2n) is 4.52. The largest absolute Gasteiger partial charge is 0.312 e. The molecule has 1 rings (SSSR count). The normalized spacial score (nSPS) is 12.1. The highest BCUT2D eigenvalue weighted by Gasteiger charge is 2.27. The second kappa shape index (κ2) is 7.70. The van der Waals surface area contributed by atoms with E-state index in [0.29, 0.717) is 28.3 Å². The van der Waals surface area contributed by atoms with Gasteiger partial charge in [-0.15, -0.1) is 11.3 Å². The van der Waals surface area contributed by atoms with E-state index in [1.807, 2.05) is 20.8 Å². The molecule has 1 aromatic rings. The molecule has 1 N–H and O–H groups in total. The first kappa shape index (κ1) is 17.8. The molecule has 0 aliphatic carbocycles. The third-order valence-electron chi connectivity index (χ3n) is 2.67. The number of rotatable bonds is 8. The minimum atomic E-state index is -3.47. The highest BCUT2D eigenvalue weighted by atomic mass is 79.9. The molecule has 0 spiro atoms. The molecule has 114 valence electrons. The van der Waals surface area contributed by atoms with Gasteiger partial charge in [0.05, 0.1) is 3.79 Å². The minimum absolute atomic E-state index is 0.346. The zero-order valence-electron chi connectivity index (χ0n) is 12.1. The number of likely N-dealkylation sites (N-methyl/N-ethyl adjacent to an activating group) is 1. The number of nitrogens with zero attached hydrogens (tertiary/aromatic N) is 1. The SMILES string of the molecule is C=C(C)CN(CC)S(=O)(=O)c1cc(CNCC)sc1Br. The Morgan fingerprint density at radius 2 is 2.15 bits per heavy atom. The van der Waals surface area contributed by atoms with Crippen molar-refractivity contribution in [1.82, 2.24) is 9.62 Å². The van der Waals surface area contributed by atoms with E-state index in [2.05, 4.69) is 27.8 Å². The zero-order valence-corrected chi connectivity index (χ0v) is 15.3. The van der Waals surface area contributed by atoms with Crippen LogP contribution in [0.2, 0.25) is 0 Å². The Balaban J connectivity index is 3.07. The lowest BCUT2D eigenvalue weighted by atomic mass is 10.3. The van der Waals surface area contributed by atoms with Gasteiger partial charge in [0.2, 0.25) is 10.0 Å². The predicted molar refractivity (Wildman–Crippen MR) is 88.6 cm³/mol. The number of nitrogens with one attached hydrogen (secondary N) is 1. The quantitative estimate of drug-likeness (QED) is 0.704. The van der Waals surface area contributed by atoms with Crippen LogP contribution in [0.25, 0.3) is 0 Å². The summed E-state index contributed by atoms with van der Waals surface area (Å²) in [7, 11) is -3.47. The van der Waals surface area contributed by atoms with Gasteiger partial charge < -0.3 is 5.32 Å². The van der Waals surface area contributed by atoms with Crippen LogP contribution in [0.3, 0.4) is 0 Å². The number of hydrogen-bond acceptors (Lipinski definition) is 4. The fourth-order valence-electron chi connectivity index (χ4n) is 1.72. The van der Waals surface area contributed by atoms with Crippen LogP contribution in [-0.4, -0.2) is 32.4 Å². The van der Waals surface area contributed by atoms with Crippen LogP contribution >= 0.6 is 27.3 Å². The van der Waals surface area contributed by atoms with Crippen molar-refractivity contribution in [2.75, 3.05) is 19.6 Å². The van der Waals surface area contributed by atoms with Gasteiger partial charge in [-0.2, -0.15) is 4.31 Å². The van der Waals surface area contributed by atoms with E-state index >= 15 is 0 Å². The summed E-state index contributed by atoms with van der Waals surface area (Å²) < 4.78 is 27.4. The summed E-state index contributed by atoms with van der Waals surface area (Å²) in [6.07, 6.45) is 0. The van der Waals surface area contributed by atoms with Crippen LogP contribution in [0.1, 0.15) is 25.6 Å². The highest BCUT2D eigenvalue weighted by Crippen LogP contribution is 2.33. The van der Waals surface area contributed by atoms with Crippen molar-refractivity contribution < 1.29 is 8.42 Å². The summed E-state index contributed by atoms with van der Waals surface area (Å²) in [4.78, 5) is 1.35. The second-order valence-corrected chi connectivity index (χ2v) is 8.88. The first-order valence-corrected chi connectivity index (χ1v) is 9.51. The molecule has 7 heteroatoms. The molecule has 0 unspecified atom stereocenters. The third-order valence-corrected chi connectivity index (χ3v) is 6.85. The van der Waals surface area contributed by atoms with Crippen molar-refractivity contribution in [3.8, 4) is 0 Å².